The van der Waals surface area contributed by atoms with E-state index in [1.165, 1.54) is 11.1 Å². The Morgan fingerprint density at radius 1 is 0.972 bits per heavy atom. The Morgan fingerprint density at radius 3 is 2.31 bits per heavy atom. The fourth-order valence-electron chi connectivity index (χ4n) is 4.29. The lowest BCUT2D eigenvalue weighted by atomic mass is 10.1. The van der Waals surface area contributed by atoms with Crippen LogP contribution in [0.2, 0.25) is 5.02 Å². The topological polar surface area (TPSA) is 45.6 Å². The second-order valence-electron chi connectivity index (χ2n) is 9.92. The summed E-state index contributed by atoms with van der Waals surface area (Å²) in [5.74, 6) is 0.0362. The minimum absolute atomic E-state index is 0.0441. The van der Waals surface area contributed by atoms with Crippen LogP contribution in [0.1, 0.15) is 61.3 Å². The summed E-state index contributed by atoms with van der Waals surface area (Å²) < 4.78 is 2.20. The first kappa shape index (κ1) is 27.5. The van der Waals surface area contributed by atoms with Gasteiger partial charge in [0.05, 0.1) is 6.54 Å². The standard InChI is InChI=1S/C30H38ClN3O2/c1-6-24(5)34(20-28-12-9-17-32(28)19-26-11-8-7-10-23(26)4)29(35)21-33(18-22(2)3)30(36)25-13-15-27(31)16-14-25/h7-17,22,24H,6,18-21H2,1-5H3. The SMILES string of the molecule is CCC(C)N(Cc1cccn1Cc1ccccc1C)C(=O)CN(CC(C)C)C(=O)c1ccc(Cl)cc1. The van der Waals surface area contributed by atoms with E-state index in [1.807, 2.05) is 17.0 Å². The van der Waals surface area contributed by atoms with Crippen LogP contribution in [-0.2, 0) is 17.9 Å². The Hall–Kier alpha value is -3.05. The van der Waals surface area contributed by atoms with Crippen LogP contribution in [0.25, 0.3) is 0 Å². The number of rotatable bonds is 11. The predicted octanol–water partition coefficient (Wildman–Crippen LogP) is 6.42. The fourth-order valence-corrected chi connectivity index (χ4v) is 4.42. The summed E-state index contributed by atoms with van der Waals surface area (Å²) in [4.78, 5) is 30.6. The van der Waals surface area contributed by atoms with Crippen molar-refractivity contribution in [1.82, 2.24) is 14.4 Å². The van der Waals surface area contributed by atoms with Gasteiger partial charge < -0.3 is 14.4 Å². The van der Waals surface area contributed by atoms with Crippen LogP contribution in [0.4, 0.5) is 0 Å². The average molecular weight is 508 g/mol. The number of hydrogen-bond acceptors (Lipinski definition) is 2. The Labute approximate surface area is 220 Å². The van der Waals surface area contributed by atoms with Crippen molar-refractivity contribution in [2.45, 2.75) is 60.2 Å². The van der Waals surface area contributed by atoms with Crippen molar-refractivity contribution in [1.29, 1.82) is 0 Å². The predicted molar refractivity (Wildman–Crippen MR) is 147 cm³/mol. The molecule has 0 aliphatic heterocycles. The minimum atomic E-state index is -0.152. The van der Waals surface area contributed by atoms with E-state index in [4.69, 9.17) is 11.6 Å². The van der Waals surface area contributed by atoms with Gasteiger partial charge in [-0.25, -0.2) is 0 Å². The number of carbonyl (C=O) groups excluding carboxylic acids is 2. The molecule has 1 atom stereocenters. The van der Waals surface area contributed by atoms with Gasteiger partial charge >= 0.3 is 0 Å². The summed E-state index contributed by atoms with van der Waals surface area (Å²) in [7, 11) is 0. The van der Waals surface area contributed by atoms with Gasteiger partial charge in [0, 0.05) is 41.6 Å². The smallest absolute Gasteiger partial charge is 0.254 e. The molecule has 0 radical (unpaired) electrons. The molecule has 1 unspecified atom stereocenters. The maximum absolute atomic E-state index is 13.7. The number of halogens is 1. The largest absolute Gasteiger partial charge is 0.345 e. The molecule has 2 amide bonds. The average Bonchev–Trinajstić information content (AvgIpc) is 3.29. The summed E-state index contributed by atoms with van der Waals surface area (Å²) in [5.41, 5.74) is 4.12. The molecule has 0 aliphatic carbocycles. The molecular weight excluding hydrogens is 470 g/mol. The van der Waals surface area contributed by atoms with Crippen LogP contribution in [0.15, 0.2) is 66.9 Å². The number of aromatic nitrogens is 1. The van der Waals surface area contributed by atoms with Crippen molar-refractivity contribution in [3.8, 4) is 0 Å². The van der Waals surface area contributed by atoms with Gasteiger partial charge in [0.2, 0.25) is 5.91 Å². The third-order valence-electron chi connectivity index (χ3n) is 6.59. The van der Waals surface area contributed by atoms with E-state index in [2.05, 4.69) is 69.6 Å². The molecule has 0 spiro atoms. The monoisotopic (exact) mass is 507 g/mol. The lowest BCUT2D eigenvalue weighted by molar-refractivity contribution is -0.134. The van der Waals surface area contributed by atoms with Crippen LogP contribution in [0.3, 0.4) is 0 Å². The molecule has 0 bridgehead atoms. The first-order valence-electron chi connectivity index (χ1n) is 12.7. The zero-order valence-electron chi connectivity index (χ0n) is 22.1. The van der Waals surface area contributed by atoms with Crippen molar-refractivity contribution in [2.24, 2.45) is 5.92 Å². The van der Waals surface area contributed by atoms with Gasteiger partial charge in [0.1, 0.15) is 6.54 Å². The molecule has 3 aromatic rings. The first-order valence-corrected chi connectivity index (χ1v) is 13.1. The maximum Gasteiger partial charge on any atom is 0.254 e. The number of hydrogen-bond donors (Lipinski definition) is 0. The molecule has 0 aliphatic rings. The van der Waals surface area contributed by atoms with Gasteiger partial charge in [-0.15, -0.1) is 0 Å². The molecule has 3 rings (SSSR count). The van der Waals surface area contributed by atoms with Gasteiger partial charge in [0.15, 0.2) is 0 Å². The van der Waals surface area contributed by atoms with E-state index >= 15 is 0 Å². The van der Waals surface area contributed by atoms with Crippen LogP contribution >= 0.6 is 11.6 Å². The fraction of sp³-hybridized carbons (Fsp3) is 0.400. The Morgan fingerprint density at radius 2 is 1.67 bits per heavy atom. The molecule has 36 heavy (non-hydrogen) atoms. The summed E-state index contributed by atoms with van der Waals surface area (Å²) in [6, 6.07) is 19.4. The number of amides is 2. The highest BCUT2D eigenvalue weighted by molar-refractivity contribution is 6.30. The molecule has 192 valence electrons. The van der Waals surface area contributed by atoms with E-state index < -0.39 is 0 Å². The minimum Gasteiger partial charge on any atom is -0.345 e. The number of aryl methyl sites for hydroxylation is 1. The van der Waals surface area contributed by atoms with E-state index in [0.29, 0.717) is 23.7 Å². The summed E-state index contributed by atoms with van der Waals surface area (Å²) in [5, 5.41) is 0.578. The van der Waals surface area contributed by atoms with Gasteiger partial charge in [-0.2, -0.15) is 0 Å². The maximum atomic E-state index is 13.7. The third-order valence-corrected chi connectivity index (χ3v) is 6.84. The van der Waals surface area contributed by atoms with Crippen molar-refractivity contribution >= 4 is 23.4 Å². The van der Waals surface area contributed by atoms with Crippen LogP contribution in [0, 0.1) is 12.8 Å². The van der Waals surface area contributed by atoms with Crippen molar-refractivity contribution in [3.63, 3.8) is 0 Å². The second-order valence-corrected chi connectivity index (χ2v) is 10.4. The zero-order chi connectivity index (χ0) is 26.2. The van der Waals surface area contributed by atoms with Gasteiger partial charge in [-0.1, -0.05) is 56.6 Å². The van der Waals surface area contributed by atoms with Crippen molar-refractivity contribution < 1.29 is 9.59 Å². The molecule has 0 saturated carbocycles. The zero-order valence-corrected chi connectivity index (χ0v) is 22.8. The molecular formula is C30H38ClN3O2. The van der Waals surface area contributed by atoms with E-state index in [-0.39, 0.29) is 30.3 Å². The Balaban J connectivity index is 1.81. The quantitative estimate of drug-likeness (QED) is 0.300. The summed E-state index contributed by atoms with van der Waals surface area (Å²) in [6.45, 7) is 12.2. The molecule has 1 heterocycles. The van der Waals surface area contributed by atoms with Crippen molar-refractivity contribution in [3.05, 3.63) is 94.3 Å². The Bertz CT molecular complexity index is 1150. The highest BCUT2D eigenvalue weighted by atomic mass is 35.5. The molecule has 0 fully saturated rings. The van der Waals surface area contributed by atoms with Gasteiger partial charge in [0.25, 0.3) is 5.91 Å². The Kier molecular flexibility index (Phi) is 9.77. The van der Waals surface area contributed by atoms with Gasteiger partial charge in [-0.3, -0.25) is 9.59 Å². The van der Waals surface area contributed by atoms with E-state index in [1.54, 1.807) is 29.2 Å². The van der Waals surface area contributed by atoms with Crippen LogP contribution in [0.5, 0.6) is 0 Å². The molecule has 5 nitrogen and oxygen atoms in total. The summed E-state index contributed by atoms with van der Waals surface area (Å²) in [6.07, 6.45) is 2.90. The van der Waals surface area contributed by atoms with Crippen molar-refractivity contribution in [2.75, 3.05) is 13.1 Å². The highest BCUT2D eigenvalue weighted by Crippen LogP contribution is 2.18. The van der Waals surface area contributed by atoms with E-state index in [9.17, 15) is 9.59 Å². The number of carbonyl (C=O) groups is 2. The molecule has 1 aromatic heterocycles. The summed E-state index contributed by atoms with van der Waals surface area (Å²) >= 11 is 6.01. The number of nitrogens with zero attached hydrogens (tertiary/aromatic N) is 3. The normalized spacial score (nSPS) is 12.0. The lowest BCUT2D eigenvalue weighted by Gasteiger charge is -2.32. The highest BCUT2D eigenvalue weighted by Gasteiger charge is 2.26. The first-order chi connectivity index (χ1) is 17.2. The van der Waals surface area contributed by atoms with Crippen LogP contribution < -0.4 is 0 Å². The van der Waals surface area contributed by atoms with Gasteiger partial charge in [-0.05, 0) is 73.7 Å². The molecule has 0 N–H and O–H groups in total. The number of benzene rings is 2. The molecule has 0 saturated heterocycles. The van der Waals surface area contributed by atoms with Crippen LogP contribution in [-0.4, -0.2) is 45.3 Å². The molecule has 2 aromatic carbocycles. The molecule has 6 heteroatoms. The van der Waals surface area contributed by atoms with E-state index in [0.717, 1.165) is 18.7 Å². The third kappa shape index (κ3) is 7.23. The lowest BCUT2D eigenvalue weighted by Crippen LogP contribution is -2.47. The second kappa shape index (κ2) is 12.8.